The van der Waals surface area contributed by atoms with Gasteiger partial charge in [0.25, 0.3) is 7.82 Å². The maximum atomic E-state index is 13.5. The van der Waals surface area contributed by atoms with Crippen molar-refractivity contribution in [3.05, 3.63) is 48.6 Å². The van der Waals surface area contributed by atoms with Gasteiger partial charge in [-0.1, -0.05) is 262 Å². The average Bonchev–Trinajstić information content (AvgIpc) is 3.35. The number of phosphoric ester groups is 1. The number of esters is 1. The normalized spacial score (nSPS) is 14.0. The van der Waals surface area contributed by atoms with Crippen LogP contribution in [0.5, 0.6) is 0 Å². The van der Waals surface area contributed by atoms with Gasteiger partial charge in [-0.25, -0.2) is 0 Å². The number of phosphoric acid groups is 1. The van der Waals surface area contributed by atoms with Crippen molar-refractivity contribution < 1.29 is 37.3 Å². The molecule has 0 saturated heterocycles. The van der Waals surface area contributed by atoms with Gasteiger partial charge in [0.2, 0.25) is 5.91 Å². The summed E-state index contributed by atoms with van der Waals surface area (Å²) in [6.07, 6.45) is 65.0. The number of ether oxygens (including phenoxy) is 1. The van der Waals surface area contributed by atoms with E-state index in [-0.39, 0.29) is 24.9 Å². The number of quaternary nitrogens is 1. The highest BCUT2D eigenvalue weighted by molar-refractivity contribution is 7.45. The SMILES string of the molecule is CC/C=C/C/C=C/C/C=C/CCCCCCCCC(=O)NC(COP(=O)([O-])OCC[N+](C)(C)C)C(/C=C/CCCCCCCCCCCC)OC(=O)CCCCCCCCCCCCCCCCCCCCC. The number of hydrogen-bond acceptors (Lipinski definition) is 7. The second kappa shape index (κ2) is 53.4. The molecular weight excluding hydrogens is 928 g/mol. The lowest BCUT2D eigenvalue weighted by atomic mass is 10.0. The molecule has 0 aliphatic heterocycles. The van der Waals surface area contributed by atoms with Crippen molar-refractivity contribution in [1.82, 2.24) is 5.32 Å². The first-order chi connectivity index (χ1) is 35.4. The molecule has 9 nitrogen and oxygen atoms in total. The Hall–Kier alpha value is -2.03. The van der Waals surface area contributed by atoms with Crippen LogP contribution in [-0.2, 0) is 27.9 Å². The number of rotatable bonds is 56. The van der Waals surface area contributed by atoms with E-state index in [0.717, 1.165) is 103 Å². The van der Waals surface area contributed by atoms with Crippen LogP contribution in [0.2, 0.25) is 0 Å². The minimum Gasteiger partial charge on any atom is -0.756 e. The largest absolute Gasteiger partial charge is 0.756 e. The van der Waals surface area contributed by atoms with Crippen molar-refractivity contribution in [1.29, 1.82) is 0 Å². The molecule has 0 saturated carbocycles. The molecule has 10 heteroatoms. The Morgan fingerprint density at radius 1 is 0.493 bits per heavy atom. The van der Waals surface area contributed by atoms with Crippen LogP contribution in [0.15, 0.2) is 48.6 Å². The Balaban J connectivity index is 5.24. The summed E-state index contributed by atoms with van der Waals surface area (Å²) in [6, 6.07) is -0.892. The highest BCUT2D eigenvalue weighted by atomic mass is 31.2. The predicted octanol–water partition coefficient (Wildman–Crippen LogP) is 18.3. The van der Waals surface area contributed by atoms with Crippen LogP contribution in [0.25, 0.3) is 0 Å². The van der Waals surface area contributed by atoms with Crippen molar-refractivity contribution in [3.63, 3.8) is 0 Å². The molecule has 1 N–H and O–H groups in total. The topological polar surface area (TPSA) is 114 Å². The van der Waals surface area contributed by atoms with E-state index < -0.39 is 26.6 Å². The summed E-state index contributed by atoms with van der Waals surface area (Å²) in [6.45, 7) is 6.75. The highest BCUT2D eigenvalue weighted by Gasteiger charge is 2.27. The third kappa shape index (κ3) is 54.6. The second-order valence-electron chi connectivity index (χ2n) is 22.2. The van der Waals surface area contributed by atoms with Crippen molar-refractivity contribution in [2.75, 3.05) is 40.9 Å². The first-order valence-corrected chi connectivity index (χ1v) is 32.4. The summed E-state index contributed by atoms with van der Waals surface area (Å²) in [5.74, 6) is -0.545. The number of nitrogens with one attached hydrogen (secondary N) is 1. The van der Waals surface area contributed by atoms with Crippen molar-refractivity contribution >= 4 is 19.7 Å². The van der Waals surface area contributed by atoms with Crippen molar-refractivity contribution in [2.45, 2.75) is 303 Å². The van der Waals surface area contributed by atoms with Gasteiger partial charge in [0, 0.05) is 12.8 Å². The minimum atomic E-state index is -4.70. The summed E-state index contributed by atoms with van der Waals surface area (Å²) in [4.78, 5) is 40.0. The zero-order valence-electron chi connectivity index (χ0n) is 48.8. The van der Waals surface area contributed by atoms with Gasteiger partial charge in [0.15, 0.2) is 0 Å². The standard InChI is InChI=1S/C63H119N2O7P/c1-7-10-13-16-19-22-25-28-30-32-33-34-36-38-41-44-47-50-53-56-63(67)72-61(54-51-48-45-42-39-27-24-21-18-15-12-9-3)60(59-71-73(68,69)70-58-57-65(4,5)6)64-62(66)55-52-49-46-43-40-37-35-31-29-26-23-20-17-14-11-8-2/h11,14,20,23,29,31,51,54,60-61H,7-10,12-13,15-19,21-22,24-28,30,32-50,52-53,55-59H2,1-6H3,(H-,64,66,68,69)/b14-11+,23-20+,31-29+,54-51+. The fourth-order valence-corrected chi connectivity index (χ4v) is 9.73. The summed E-state index contributed by atoms with van der Waals surface area (Å²) in [5.41, 5.74) is 0. The smallest absolute Gasteiger partial charge is 0.306 e. The van der Waals surface area contributed by atoms with Gasteiger partial charge in [0.05, 0.1) is 33.8 Å². The number of amides is 1. The van der Waals surface area contributed by atoms with Gasteiger partial charge in [0.1, 0.15) is 19.3 Å². The molecule has 0 aliphatic carbocycles. The number of carbonyl (C=O) groups is 2. The first kappa shape index (κ1) is 71.0. The monoisotopic (exact) mass is 1050 g/mol. The van der Waals surface area contributed by atoms with Gasteiger partial charge < -0.3 is 28.5 Å². The molecule has 0 rings (SSSR count). The quantitative estimate of drug-likeness (QED) is 0.0212. The van der Waals surface area contributed by atoms with Gasteiger partial charge in [-0.3, -0.25) is 14.2 Å². The zero-order valence-corrected chi connectivity index (χ0v) is 49.7. The summed E-state index contributed by atoms with van der Waals surface area (Å²) >= 11 is 0. The fourth-order valence-electron chi connectivity index (χ4n) is 9.01. The van der Waals surface area contributed by atoms with Crippen LogP contribution in [0, 0.1) is 0 Å². The Bertz CT molecular complexity index is 1390. The van der Waals surface area contributed by atoms with Crippen LogP contribution >= 0.6 is 7.82 Å². The molecule has 1 amide bonds. The molecule has 0 aromatic carbocycles. The van der Waals surface area contributed by atoms with E-state index in [1.807, 2.05) is 33.3 Å². The van der Waals surface area contributed by atoms with E-state index in [2.05, 4.69) is 62.5 Å². The van der Waals surface area contributed by atoms with Crippen LogP contribution in [0.3, 0.4) is 0 Å². The summed E-state index contributed by atoms with van der Waals surface area (Å²) < 4.78 is 30.3. The van der Waals surface area contributed by atoms with Crippen LogP contribution in [0.4, 0.5) is 0 Å². The van der Waals surface area contributed by atoms with Gasteiger partial charge in [-0.15, -0.1) is 0 Å². The van der Waals surface area contributed by atoms with Crippen LogP contribution < -0.4 is 10.2 Å². The maximum Gasteiger partial charge on any atom is 0.306 e. The molecule has 0 fully saturated rings. The second-order valence-corrected chi connectivity index (χ2v) is 23.6. The summed E-state index contributed by atoms with van der Waals surface area (Å²) in [7, 11) is 1.18. The van der Waals surface area contributed by atoms with E-state index in [4.69, 9.17) is 13.8 Å². The highest BCUT2D eigenvalue weighted by Crippen LogP contribution is 2.38. The van der Waals surface area contributed by atoms with Crippen molar-refractivity contribution in [2.24, 2.45) is 0 Å². The number of nitrogens with zero attached hydrogens (tertiary/aromatic N) is 1. The molecule has 3 unspecified atom stereocenters. The molecule has 0 radical (unpaired) electrons. The third-order valence-electron chi connectivity index (χ3n) is 13.8. The number of allylic oxidation sites excluding steroid dienone is 7. The van der Waals surface area contributed by atoms with Gasteiger partial charge >= 0.3 is 5.97 Å². The Labute approximate surface area is 452 Å². The average molecular weight is 1050 g/mol. The number of hydrogen-bond donors (Lipinski definition) is 1. The van der Waals surface area contributed by atoms with Crippen molar-refractivity contribution in [3.8, 4) is 0 Å². The Kier molecular flexibility index (Phi) is 51.9. The minimum absolute atomic E-state index is 0.0242. The molecule has 73 heavy (non-hydrogen) atoms. The van der Waals surface area contributed by atoms with Crippen LogP contribution in [-0.4, -0.2) is 69.4 Å². The third-order valence-corrected chi connectivity index (χ3v) is 14.7. The number of unbranched alkanes of at least 4 members (excludes halogenated alkanes) is 34. The molecule has 0 aromatic rings. The Morgan fingerprint density at radius 2 is 0.877 bits per heavy atom. The number of carbonyl (C=O) groups excluding carboxylic acids is 2. The molecule has 428 valence electrons. The van der Waals surface area contributed by atoms with E-state index in [1.165, 1.54) is 154 Å². The lowest BCUT2D eigenvalue weighted by Crippen LogP contribution is -2.47. The molecule has 3 atom stereocenters. The molecular formula is C63H119N2O7P. The van der Waals surface area contributed by atoms with Gasteiger partial charge in [-0.2, -0.15) is 0 Å². The fraction of sp³-hybridized carbons (Fsp3) is 0.841. The molecule has 0 aliphatic rings. The summed E-state index contributed by atoms with van der Waals surface area (Å²) in [5, 5.41) is 3.02. The molecule has 0 spiro atoms. The van der Waals surface area contributed by atoms with Crippen LogP contribution in [0.1, 0.15) is 290 Å². The molecule has 0 bridgehead atoms. The lowest BCUT2D eigenvalue weighted by Gasteiger charge is -2.30. The molecule has 0 heterocycles. The lowest BCUT2D eigenvalue weighted by molar-refractivity contribution is -0.870. The molecule has 0 aromatic heterocycles. The zero-order chi connectivity index (χ0) is 53.6. The van der Waals surface area contributed by atoms with E-state index in [0.29, 0.717) is 17.4 Å². The Morgan fingerprint density at radius 3 is 1.32 bits per heavy atom. The van der Waals surface area contributed by atoms with E-state index in [1.54, 1.807) is 0 Å². The van der Waals surface area contributed by atoms with E-state index >= 15 is 0 Å². The van der Waals surface area contributed by atoms with E-state index in [9.17, 15) is 19.0 Å². The van der Waals surface area contributed by atoms with Gasteiger partial charge in [-0.05, 0) is 63.9 Å². The number of likely N-dealkylation sites (N-methyl/N-ethyl adjacent to an activating group) is 1. The predicted molar refractivity (Wildman–Crippen MR) is 312 cm³/mol. The first-order valence-electron chi connectivity index (χ1n) is 30.9. The maximum absolute atomic E-state index is 13.5.